The normalized spacial score (nSPS) is 10.9. The molecule has 0 unspecified atom stereocenters. The molecule has 3 rings (SSSR count). The summed E-state index contributed by atoms with van der Waals surface area (Å²) in [6.45, 7) is 3.79. The minimum atomic E-state index is -0.299. The summed E-state index contributed by atoms with van der Waals surface area (Å²) in [4.78, 5) is 12.8. The maximum Gasteiger partial charge on any atom is 0.324 e. The molecule has 0 radical (unpaired) electrons. The Labute approximate surface area is 134 Å². The van der Waals surface area contributed by atoms with Gasteiger partial charge in [0.1, 0.15) is 11.3 Å². The van der Waals surface area contributed by atoms with Crippen LogP contribution in [0.4, 0.5) is 0 Å². The molecule has 3 aromatic rings. The van der Waals surface area contributed by atoms with Crippen LogP contribution in [0.15, 0.2) is 47.3 Å². The lowest BCUT2D eigenvalue weighted by Crippen LogP contribution is -2.43. The van der Waals surface area contributed by atoms with Crippen molar-refractivity contribution in [3.63, 3.8) is 0 Å². The van der Waals surface area contributed by atoms with Crippen molar-refractivity contribution in [3.05, 3.63) is 69.3 Å². The maximum absolute atomic E-state index is 12.8. The molecule has 118 valence electrons. The number of hydrogen-bond donors (Lipinski definition) is 0. The summed E-state index contributed by atoms with van der Waals surface area (Å²) in [6.07, 6.45) is 0.371. The number of nitrogens with zero attached hydrogens (tertiary/aromatic N) is 2. The first-order chi connectivity index (χ1) is 11.1. The van der Waals surface area contributed by atoms with E-state index in [4.69, 9.17) is 4.74 Å². The van der Waals surface area contributed by atoms with Gasteiger partial charge in [-0.25, -0.2) is 0 Å². The Balaban J connectivity index is 2.46. The molecule has 1 aromatic heterocycles. The third-order valence-corrected chi connectivity index (χ3v) is 3.96. The quantitative estimate of drug-likeness (QED) is 0.552. The Kier molecular flexibility index (Phi) is 3.78. The zero-order valence-electron chi connectivity index (χ0n) is 13.4. The van der Waals surface area contributed by atoms with Gasteiger partial charge in [0.15, 0.2) is 0 Å². The number of ether oxygens (including phenoxy) is 1. The Bertz CT molecular complexity index is 928. The lowest BCUT2D eigenvalue weighted by molar-refractivity contribution is -0.587. The topological polar surface area (TPSA) is 58.2 Å². The molecule has 0 saturated heterocycles. The van der Waals surface area contributed by atoms with Crippen molar-refractivity contribution in [2.75, 3.05) is 7.11 Å². The molecule has 0 amide bonds. The average Bonchev–Trinajstić information content (AvgIpc) is 2.56. The molecule has 5 heteroatoms. The lowest BCUT2D eigenvalue weighted by Gasteiger charge is -2.14. The summed E-state index contributed by atoms with van der Waals surface area (Å²) in [5.41, 5.74) is 2.74. The van der Waals surface area contributed by atoms with Gasteiger partial charge in [0.05, 0.1) is 7.11 Å². The van der Waals surface area contributed by atoms with E-state index in [-0.39, 0.29) is 11.3 Å². The minimum Gasteiger partial charge on any atom is -0.618 e. The molecule has 0 aliphatic rings. The highest BCUT2D eigenvalue weighted by Crippen LogP contribution is 2.20. The molecular weight excluding hydrogens is 292 g/mol. The molecule has 0 aliphatic carbocycles. The van der Waals surface area contributed by atoms with Crippen molar-refractivity contribution in [1.29, 1.82) is 0 Å². The fraction of sp³-hybridized carbons (Fsp3) is 0.222. The average molecular weight is 310 g/mol. The van der Waals surface area contributed by atoms with Crippen LogP contribution in [0.5, 0.6) is 5.75 Å². The molecule has 0 aliphatic heterocycles. The van der Waals surface area contributed by atoms with E-state index in [1.54, 1.807) is 36.8 Å². The third-order valence-electron chi connectivity index (χ3n) is 3.96. The Morgan fingerprint density at radius 2 is 1.87 bits per heavy atom. The summed E-state index contributed by atoms with van der Waals surface area (Å²) in [7, 11) is 1.56. The van der Waals surface area contributed by atoms with Crippen molar-refractivity contribution in [2.45, 2.75) is 20.3 Å². The van der Waals surface area contributed by atoms with E-state index >= 15 is 0 Å². The molecular formula is C18H18N2O3. The first kappa shape index (κ1) is 15.1. The fourth-order valence-corrected chi connectivity index (χ4v) is 2.70. The molecule has 0 spiro atoms. The van der Waals surface area contributed by atoms with Gasteiger partial charge in [0.2, 0.25) is 5.52 Å². The summed E-state index contributed by atoms with van der Waals surface area (Å²) in [5, 5.41) is 12.5. The van der Waals surface area contributed by atoms with Gasteiger partial charge in [-0.3, -0.25) is 9.36 Å². The fourth-order valence-electron chi connectivity index (χ4n) is 2.70. The lowest BCUT2D eigenvalue weighted by atomic mass is 10.2. The van der Waals surface area contributed by atoms with Gasteiger partial charge in [-0.05, 0) is 25.1 Å². The second kappa shape index (κ2) is 5.76. The molecule has 0 bridgehead atoms. The molecule has 2 aromatic carbocycles. The number of aromatic nitrogens is 2. The van der Waals surface area contributed by atoms with E-state index in [2.05, 4.69) is 0 Å². The monoisotopic (exact) mass is 310 g/mol. The van der Waals surface area contributed by atoms with Crippen LogP contribution in [0.2, 0.25) is 0 Å². The van der Waals surface area contributed by atoms with Gasteiger partial charge < -0.3 is 9.94 Å². The van der Waals surface area contributed by atoms with Crippen LogP contribution in [-0.4, -0.2) is 11.7 Å². The van der Waals surface area contributed by atoms with E-state index < -0.39 is 0 Å². The predicted molar refractivity (Wildman–Crippen MR) is 89.2 cm³/mol. The predicted octanol–water partition coefficient (Wildman–Crippen LogP) is 2.50. The van der Waals surface area contributed by atoms with Crippen molar-refractivity contribution < 1.29 is 9.47 Å². The van der Waals surface area contributed by atoms with Gasteiger partial charge in [0, 0.05) is 24.2 Å². The molecule has 23 heavy (non-hydrogen) atoms. The second-order valence-corrected chi connectivity index (χ2v) is 5.43. The van der Waals surface area contributed by atoms with Gasteiger partial charge in [-0.2, -0.15) is 4.73 Å². The van der Waals surface area contributed by atoms with Crippen LogP contribution in [0, 0.1) is 12.1 Å². The van der Waals surface area contributed by atoms with Crippen molar-refractivity contribution in [3.8, 4) is 11.4 Å². The zero-order valence-corrected chi connectivity index (χ0v) is 13.4. The highest BCUT2D eigenvalue weighted by molar-refractivity contribution is 5.76. The van der Waals surface area contributed by atoms with Gasteiger partial charge in [-0.1, -0.05) is 24.6 Å². The van der Waals surface area contributed by atoms with Gasteiger partial charge in [-0.15, -0.1) is 0 Å². The highest BCUT2D eigenvalue weighted by Gasteiger charge is 2.20. The second-order valence-electron chi connectivity index (χ2n) is 5.43. The molecule has 1 heterocycles. The number of hydrogen-bond acceptors (Lipinski definition) is 3. The minimum absolute atomic E-state index is 0.225. The third kappa shape index (κ3) is 2.44. The number of aryl methyl sites for hydroxylation is 1. The van der Waals surface area contributed by atoms with E-state index in [9.17, 15) is 10.0 Å². The Morgan fingerprint density at radius 1 is 1.17 bits per heavy atom. The van der Waals surface area contributed by atoms with Crippen molar-refractivity contribution in [1.82, 2.24) is 4.57 Å². The summed E-state index contributed by atoms with van der Waals surface area (Å²) < 4.78 is 7.54. The number of benzene rings is 2. The van der Waals surface area contributed by atoms with Crippen LogP contribution < -0.4 is 15.0 Å². The van der Waals surface area contributed by atoms with Crippen LogP contribution in [0.3, 0.4) is 0 Å². The Hall–Kier alpha value is -2.82. The largest absolute Gasteiger partial charge is 0.618 e. The molecule has 0 saturated carbocycles. The molecule has 0 fully saturated rings. The van der Waals surface area contributed by atoms with E-state index in [0.717, 1.165) is 16.0 Å². The van der Waals surface area contributed by atoms with Crippen LogP contribution >= 0.6 is 0 Å². The summed E-state index contributed by atoms with van der Waals surface area (Å²) >= 11 is 0. The molecule has 0 N–H and O–H groups in total. The van der Waals surface area contributed by atoms with Crippen LogP contribution in [0.25, 0.3) is 16.7 Å². The van der Waals surface area contributed by atoms with Gasteiger partial charge in [0.25, 0.3) is 5.69 Å². The van der Waals surface area contributed by atoms with E-state index in [0.29, 0.717) is 23.2 Å². The summed E-state index contributed by atoms with van der Waals surface area (Å²) in [6, 6.07) is 12.8. The van der Waals surface area contributed by atoms with Crippen molar-refractivity contribution in [2.24, 2.45) is 0 Å². The standard InChI is InChI=1S/C18H18N2O3/c1-4-15-18(21)19(13-7-5-12(2)6-8-13)17-11-14(23-3)9-10-16(17)20(15)22/h5-11H,4H2,1-3H3. The first-order valence-corrected chi connectivity index (χ1v) is 7.49. The van der Waals surface area contributed by atoms with E-state index in [1.165, 1.54) is 0 Å². The van der Waals surface area contributed by atoms with Crippen LogP contribution in [-0.2, 0) is 6.42 Å². The smallest absolute Gasteiger partial charge is 0.324 e. The van der Waals surface area contributed by atoms with Crippen molar-refractivity contribution >= 4 is 11.0 Å². The first-order valence-electron chi connectivity index (χ1n) is 7.49. The highest BCUT2D eigenvalue weighted by atomic mass is 16.5. The van der Waals surface area contributed by atoms with Gasteiger partial charge >= 0.3 is 5.56 Å². The maximum atomic E-state index is 12.8. The Morgan fingerprint density at radius 3 is 2.48 bits per heavy atom. The SMILES string of the molecule is CCc1c(=O)n(-c2ccc(C)cc2)c2cc(OC)ccc2[n+]1[O-]. The number of fused-ring (bicyclic) bond motifs is 1. The summed E-state index contributed by atoms with van der Waals surface area (Å²) in [5.74, 6) is 0.599. The zero-order chi connectivity index (χ0) is 16.6. The number of methoxy groups -OCH3 is 1. The van der Waals surface area contributed by atoms with Crippen LogP contribution in [0.1, 0.15) is 18.2 Å². The number of rotatable bonds is 3. The van der Waals surface area contributed by atoms with E-state index in [1.807, 2.05) is 31.2 Å². The molecule has 0 atom stereocenters. The molecule has 5 nitrogen and oxygen atoms in total.